The van der Waals surface area contributed by atoms with Crippen LogP contribution in [0.1, 0.15) is 25.8 Å². The van der Waals surface area contributed by atoms with Crippen molar-refractivity contribution in [3.05, 3.63) is 29.8 Å². The minimum atomic E-state index is -0.462. The molecule has 2 aliphatic heterocycles. The Morgan fingerprint density at radius 1 is 1.38 bits per heavy atom. The fourth-order valence-corrected chi connectivity index (χ4v) is 3.31. The zero-order chi connectivity index (χ0) is 17.3. The number of hydrogen-bond acceptors (Lipinski definition) is 3. The average molecular weight is 331 g/mol. The number of rotatable bonds is 3. The van der Waals surface area contributed by atoms with Gasteiger partial charge in [0.05, 0.1) is 25.7 Å². The lowest BCUT2D eigenvalue weighted by atomic mass is 9.96. The fourth-order valence-electron chi connectivity index (χ4n) is 3.31. The number of ether oxygens (including phenoxy) is 1. The van der Waals surface area contributed by atoms with Crippen LogP contribution in [-0.4, -0.2) is 54.1 Å². The molecule has 130 valence electrons. The highest BCUT2D eigenvalue weighted by molar-refractivity contribution is 5.98. The van der Waals surface area contributed by atoms with Crippen molar-refractivity contribution in [3.8, 4) is 0 Å². The zero-order valence-electron chi connectivity index (χ0n) is 14.5. The summed E-state index contributed by atoms with van der Waals surface area (Å²) in [7, 11) is 1.66. The first kappa shape index (κ1) is 16.8. The Bertz CT molecular complexity index is 628. The average Bonchev–Trinajstić information content (AvgIpc) is 2.68. The Labute approximate surface area is 142 Å². The summed E-state index contributed by atoms with van der Waals surface area (Å²) in [5.41, 5.74) is 1.76. The Kier molecular flexibility index (Phi) is 4.76. The van der Waals surface area contributed by atoms with Gasteiger partial charge in [0.15, 0.2) is 0 Å². The highest BCUT2D eigenvalue weighted by Crippen LogP contribution is 2.29. The van der Waals surface area contributed by atoms with Gasteiger partial charge in [-0.2, -0.15) is 0 Å². The first-order valence-corrected chi connectivity index (χ1v) is 8.52. The third-order valence-electron chi connectivity index (χ3n) is 5.10. The highest BCUT2D eigenvalue weighted by Gasteiger charge is 2.41. The summed E-state index contributed by atoms with van der Waals surface area (Å²) >= 11 is 0. The highest BCUT2D eigenvalue weighted by atomic mass is 16.5. The van der Waals surface area contributed by atoms with Crippen molar-refractivity contribution in [1.29, 1.82) is 0 Å². The molecule has 1 N–H and O–H groups in total. The number of nitrogens with zero attached hydrogens (tertiary/aromatic N) is 2. The molecular formula is C18H25N3O3. The maximum absolute atomic E-state index is 13.0. The Morgan fingerprint density at radius 2 is 2.08 bits per heavy atom. The lowest BCUT2D eigenvalue weighted by molar-refractivity contribution is -0.122. The van der Waals surface area contributed by atoms with E-state index in [1.165, 1.54) is 0 Å². The maximum atomic E-state index is 13.0. The minimum Gasteiger partial charge on any atom is -0.378 e. The summed E-state index contributed by atoms with van der Waals surface area (Å²) in [6.07, 6.45) is 0.933. The van der Waals surface area contributed by atoms with E-state index in [4.69, 9.17) is 4.74 Å². The molecule has 6 nitrogen and oxygen atoms in total. The van der Waals surface area contributed by atoms with Gasteiger partial charge in [-0.1, -0.05) is 38.5 Å². The third-order valence-corrected chi connectivity index (χ3v) is 5.10. The number of urea groups is 1. The van der Waals surface area contributed by atoms with Crippen LogP contribution in [0.2, 0.25) is 0 Å². The largest absolute Gasteiger partial charge is 0.378 e. The summed E-state index contributed by atoms with van der Waals surface area (Å²) in [5, 5.41) is 2.99. The lowest BCUT2D eigenvalue weighted by Gasteiger charge is -2.43. The number of carbonyl (C=O) groups is 2. The van der Waals surface area contributed by atoms with E-state index in [2.05, 4.69) is 5.32 Å². The minimum absolute atomic E-state index is 0.0829. The van der Waals surface area contributed by atoms with Gasteiger partial charge in [-0.3, -0.25) is 4.79 Å². The molecule has 2 unspecified atom stereocenters. The molecule has 2 atom stereocenters. The Balaban J connectivity index is 1.89. The van der Waals surface area contributed by atoms with Crippen LogP contribution in [0.4, 0.5) is 10.5 Å². The summed E-state index contributed by atoms with van der Waals surface area (Å²) < 4.78 is 5.26. The first-order valence-electron chi connectivity index (χ1n) is 8.52. The summed E-state index contributed by atoms with van der Waals surface area (Å²) in [6, 6.07) is 7.13. The third kappa shape index (κ3) is 2.98. The normalized spacial score (nSPS) is 22.3. The van der Waals surface area contributed by atoms with Gasteiger partial charge in [-0.15, -0.1) is 0 Å². The Morgan fingerprint density at radius 3 is 2.75 bits per heavy atom. The second-order valence-corrected chi connectivity index (χ2v) is 6.65. The van der Waals surface area contributed by atoms with Crippen molar-refractivity contribution in [1.82, 2.24) is 9.80 Å². The van der Waals surface area contributed by atoms with Gasteiger partial charge in [-0.05, 0) is 17.5 Å². The van der Waals surface area contributed by atoms with Gasteiger partial charge >= 0.3 is 6.03 Å². The molecule has 2 heterocycles. The van der Waals surface area contributed by atoms with Crippen LogP contribution in [0, 0.1) is 5.92 Å². The van der Waals surface area contributed by atoms with E-state index in [-0.39, 0.29) is 24.0 Å². The van der Waals surface area contributed by atoms with E-state index in [1.807, 2.05) is 38.1 Å². The van der Waals surface area contributed by atoms with Crippen molar-refractivity contribution in [2.75, 3.05) is 25.5 Å². The Hall–Kier alpha value is -2.08. The predicted octanol–water partition coefficient (Wildman–Crippen LogP) is 2.31. The van der Waals surface area contributed by atoms with Gasteiger partial charge in [0.2, 0.25) is 5.91 Å². The van der Waals surface area contributed by atoms with Gasteiger partial charge in [-0.25, -0.2) is 4.79 Å². The number of benzene rings is 1. The van der Waals surface area contributed by atoms with E-state index in [1.54, 1.807) is 16.9 Å². The molecule has 3 amide bonds. The molecule has 0 aliphatic carbocycles. The molecule has 0 radical (unpaired) electrons. The number of anilines is 1. The standard InChI is InChI=1S/C18H25N3O3/c1-4-12(2)16-17(22)19-15-8-6-5-7-13(15)9-21(16)18(23)20-10-14(11-20)24-3/h5-8,12,14,16H,4,9-11H2,1-3H3,(H,19,22). The van der Waals surface area contributed by atoms with Crippen molar-refractivity contribution in [2.45, 2.75) is 39.0 Å². The van der Waals surface area contributed by atoms with Crippen molar-refractivity contribution in [2.24, 2.45) is 5.92 Å². The number of amides is 3. The van der Waals surface area contributed by atoms with Crippen LogP contribution in [0.3, 0.4) is 0 Å². The maximum Gasteiger partial charge on any atom is 0.321 e. The predicted molar refractivity (Wildman–Crippen MR) is 91.6 cm³/mol. The van der Waals surface area contributed by atoms with Crippen molar-refractivity contribution in [3.63, 3.8) is 0 Å². The van der Waals surface area contributed by atoms with E-state index in [0.29, 0.717) is 19.6 Å². The quantitative estimate of drug-likeness (QED) is 0.924. The molecule has 0 saturated carbocycles. The van der Waals surface area contributed by atoms with Gasteiger partial charge in [0, 0.05) is 12.8 Å². The number of nitrogens with one attached hydrogen (secondary N) is 1. The van der Waals surface area contributed by atoms with Crippen LogP contribution in [-0.2, 0) is 16.1 Å². The molecule has 1 fully saturated rings. The number of likely N-dealkylation sites (tertiary alicyclic amines) is 1. The summed E-state index contributed by atoms with van der Waals surface area (Å²) in [4.78, 5) is 29.3. The van der Waals surface area contributed by atoms with Gasteiger partial charge < -0.3 is 19.9 Å². The lowest BCUT2D eigenvalue weighted by Crippen LogP contribution is -2.61. The summed E-state index contributed by atoms with van der Waals surface area (Å²) in [5.74, 6) is -0.0192. The van der Waals surface area contributed by atoms with Crippen molar-refractivity contribution >= 4 is 17.6 Å². The number of carbonyl (C=O) groups excluding carboxylic acids is 2. The fraction of sp³-hybridized carbons (Fsp3) is 0.556. The molecule has 6 heteroatoms. The van der Waals surface area contributed by atoms with Gasteiger partial charge in [0.1, 0.15) is 6.04 Å². The monoisotopic (exact) mass is 331 g/mol. The van der Waals surface area contributed by atoms with Crippen LogP contribution >= 0.6 is 0 Å². The zero-order valence-corrected chi connectivity index (χ0v) is 14.5. The molecule has 1 aromatic carbocycles. The molecule has 24 heavy (non-hydrogen) atoms. The molecule has 3 rings (SSSR count). The second kappa shape index (κ2) is 6.81. The topological polar surface area (TPSA) is 61.9 Å². The van der Waals surface area contributed by atoms with Crippen LogP contribution in [0.15, 0.2) is 24.3 Å². The van der Waals surface area contributed by atoms with E-state index in [0.717, 1.165) is 17.7 Å². The van der Waals surface area contributed by atoms with Crippen LogP contribution < -0.4 is 5.32 Å². The number of methoxy groups -OCH3 is 1. The van der Waals surface area contributed by atoms with Crippen LogP contribution in [0.5, 0.6) is 0 Å². The smallest absolute Gasteiger partial charge is 0.321 e. The molecule has 0 bridgehead atoms. The van der Waals surface area contributed by atoms with Crippen molar-refractivity contribution < 1.29 is 14.3 Å². The molecule has 2 aliphatic rings. The van der Waals surface area contributed by atoms with Gasteiger partial charge in [0.25, 0.3) is 0 Å². The summed E-state index contributed by atoms with van der Waals surface area (Å²) in [6.45, 7) is 5.68. The number of para-hydroxylation sites is 1. The molecular weight excluding hydrogens is 306 g/mol. The second-order valence-electron chi connectivity index (χ2n) is 6.65. The first-order chi connectivity index (χ1) is 11.5. The number of fused-ring (bicyclic) bond motifs is 1. The molecule has 1 aromatic rings. The van der Waals surface area contributed by atoms with E-state index in [9.17, 15) is 9.59 Å². The molecule has 0 spiro atoms. The van der Waals surface area contributed by atoms with E-state index >= 15 is 0 Å². The van der Waals surface area contributed by atoms with E-state index < -0.39 is 6.04 Å². The molecule has 0 aromatic heterocycles. The van der Waals surface area contributed by atoms with Crippen LogP contribution in [0.25, 0.3) is 0 Å². The molecule has 1 saturated heterocycles. The SMILES string of the molecule is CCC(C)C1C(=O)Nc2ccccc2CN1C(=O)N1CC(OC)C1. The number of hydrogen-bond donors (Lipinski definition) is 1.